The van der Waals surface area contributed by atoms with Crippen LogP contribution in [-0.2, 0) is 0 Å². The molecule has 38 heavy (non-hydrogen) atoms. The molecule has 3 rings (SSSR count). The van der Waals surface area contributed by atoms with Crippen molar-refractivity contribution in [2.45, 2.75) is 126 Å². The zero-order chi connectivity index (χ0) is 28.6. The normalized spacial score (nSPS) is 12.3. The highest BCUT2D eigenvalue weighted by molar-refractivity contribution is 14.1. The molecule has 0 radical (unpaired) electrons. The van der Waals surface area contributed by atoms with Crippen molar-refractivity contribution >= 4 is 22.6 Å². The van der Waals surface area contributed by atoms with Crippen LogP contribution in [0.5, 0.6) is 0 Å². The van der Waals surface area contributed by atoms with E-state index < -0.39 is 0 Å². The van der Waals surface area contributed by atoms with E-state index >= 15 is 0 Å². The van der Waals surface area contributed by atoms with E-state index in [4.69, 9.17) is 0 Å². The van der Waals surface area contributed by atoms with E-state index in [9.17, 15) is 0 Å². The second-order valence-corrected chi connectivity index (χ2v) is 14.3. The summed E-state index contributed by atoms with van der Waals surface area (Å²) in [5.41, 5.74) is 15.9. The topological polar surface area (TPSA) is 0 Å². The Hall–Kier alpha value is -1.61. The Bertz CT molecular complexity index is 1130. The molecule has 0 aliphatic rings. The van der Waals surface area contributed by atoms with Crippen LogP contribution in [0, 0.1) is 10.5 Å². The second kappa shape index (κ2) is 12.3. The van der Waals surface area contributed by atoms with Crippen molar-refractivity contribution in [1.82, 2.24) is 0 Å². The fraction of sp³-hybridized carbons (Fsp3) is 0.514. The zero-order valence-electron chi connectivity index (χ0n) is 26.3. The highest BCUT2D eigenvalue weighted by Crippen LogP contribution is 2.46. The lowest BCUT2D eigenvalue weighted by molar-refractivity contribution is 0.806. The van der Waals surface area contributed by atoms with Crippen LogP contribution >= 0.6 is 22.6 Å². The summed E-state index contributed by atoms with van der Waals surface area (Å²) in [6.07, 6.45) is 0. The quantitative estimate of drug-likeness (QED) is 0.219. The van der Waals surface area contributed by atoms with Crippen molar-refractivity contribution in [3.63, 3.8) is 0 Å². The number of hydrogen-bond donors (Lipinski definition) is 0. The van der Waals surface area contributed by atoms with Gasteiger partial charge in [0.25, 0.3) is 0 Å². The summed E-state index contributed by atoms with van der Waals surface area (Å²) >= 11 is 2.67. The van der Waals surface area contributed by atoms with Crippen molar-refractivity contribution in [2.75, 3.05) is 0 Å². The van der Waals surface area contributed by atoms with Crippen molar-refractivity contribution < 1.29 is 0 Å². The van der Waals surface area contributed by atoms with Crippen LogP contribution < -0.4 is 0 Å². The predicted molar refractivity (Wildman–Crippen MR) is 179 cm³/mol. The molecular formula is C37H51I. The summed E-state index contributed by atoms with van der Waals surface area (Å²) < 4.78 is 1.38. The van der Waals surface area contributed by atoms with E-state index in [0.29, 0.717) is 35.5 Å². The van der Waals surface area contributed by atoms with Gasteiger partial charge in [-0.05, 0) is 126 Å². The molecule has 0 fully saturated rings. The molecule has 0 aliphatic heterocycles. The molecular weight excluding hydrogens is 571 g/mol. The summed E-state index contributed by atoms with van der Waals surface area (Å²) in [6.45, 7) is 30.4. The summed E-state index contributed by atoms with van der Waals surface area (Å²) in [7, 11) is 0. The average molecular weight is 623 g/mol. The largest absolute Gasteiger partial charge is 0.0587 e. The van der Waals surface area contributed by atoms with E-state index in [0.717, 1.165) is 0 Å². The van der Waals surface area contributed by atoms with Crippen molar-refractivity contribution in [3.05, 3.63) is 78.9 Å². The van der Waals surface area contributed by atoms with Crippen LogP contribution in [0.15, 0.2) is 36.4 Å². The lowest BCUT2D eigenvalue weighted by Crippen LogP contribution is -2.07. The molecule has 3 aromatic carbocycles. The molecule has 0 aromatic heterocycles. The van der Waals surface area contributed by atoms with Gasteiger partial charge in [-0.1, -0.05) is 119 Å². The van der Waals surface area contributed by atoms with Gasteiger partial charge in [-0.3, -0.25) is 0 Å². The number of benzene rings is 3. The first-order valence-corrected chi connectivity index (χ1v) is 15.9. The molecule has 1 heteroatoms. The van der Waals surface area contributed by atoms with Crippen LogP contribution in [0.3, 0.4) is 0 Å². The molecule has 206 valence electrons. The van der Waals surface area contributed by atoms with Gasteiger partial charge in [-0.15, -0.1) is 0 Å². The molecule has 3 aromatic rings. The van der Waals surface area contributed by atoms with Gasteiger partial charge in [0.2, 0.25) is 0 Å². The van der Waals surface area contributed by atoms with E-state index in [2.05, 4.69) is 149 Å². The summed E-state index contributed by atoms with van der Waals surface area (Å²) in [4.78, 5) is 0. The minimum absolute atomic E-state index is 0.462. The molecule has 0 atom stereocenters. The second-order valence-electron chi connectivity index (χ2n) is 13.3. The molecule has 0 N–H and O–H groups in total. The fourth-order valence-corrected chi connectivity index (χ4v) is 6.52. The van der Waals surface area contributed by atoms with Gasteiger partial charge in [-0.2, -0.15) is 0 Å². The van der Waals surface area contributed by atoms with Gasteiger partial charge in [-0.25, -0.2) is 0 Å². The first-order valence-electron chi connectivity index (χ1n) is 14.8. The summed E-state index contributed by atoms with van der Waals surface area (Å²) in [5, 5.41) is 0. The van der Waals surface area contributed by atoms with Crippen LogP contribution in [0.25, 0.3) is 22.3 Å². The van der Waals surface area contributed by atoms with Gasteiger partial charge in [0.05, 0.1) is 0 Å². The molecule has 0 nitrogen and oxygen atoms in total. The Morgan fingerprint density at radius 1 is 0.421 bits per heavy atom. The molecule has 0 saturated carbocycles. The highest BCUT2D eigenvalue weighted by atomic mass is 127. The molecule has 0 saturated heterocycles. The molecule has 0 amide bonds. The van der Waals surface area contributed by atoms with Crippen LogP contribution in [0.2, 0.25) is 0 Å². The first-order chi connectivity index (χ1) is 17.6. The van der Waals surface area contributed by atoms with E-state index in [-0.39, 0.29) is 0 Å². The Kier molecular flexibility index (Phi) is 9.99. The lowest BCUT2D eigenvalue weighted by Gasteiger charge is -2.27. The van der Waals surface area contributed by atoms with Crippen molar-refractivity contribution in [1.29, 1.82) is 0 Å². The van der Waals surface area contributed by atoms with Gasteiger partial charge < -0.3 is 0 Å². The van der Waals surface area contributed by atoms with E-state index in [1.807, 2.05) is 0 Å². The zero-order valence-corrected chi connectivity index (χ0v) is 28.5. The summed E-state index contributed by atoms with van der Waals surface area (Å²) in [5.74, 6) is 2.89. The van der Waals surface area contributed by atoms with Crippen LogP contribution in [0.4, 0.5) is 0 Å². The smallest absolute Gasteiger partial charge is 0.0287 e. The SMILES string of the molecule is Cc1cc(-c2c(C(C)C)cc(C(C)C)cc2C(C)C)c(I)c(-c2c(C(C)C)cc(C(C)C)cc2C(C)C)c1. The van der Waals surface area contributed by atoms with Crippen molar-refractivity contribution in [2.24, 2.45) is 0 Å². The Morgan fingerprint density at radius 3 is 0.895 bits per heavy atom. The third-order valence-electron chi connectivity index (χ3n) is 8.02. The number of rotatable bonds is 8. The minimum Gasteiger partial charge on any atom is -0.0587 e. The molecule has 0 unspecified atom stereocenters. The summed E-state index contributed by atoms with van der Waals surface area (Å²) in [6, 6.07) is 14.9. The third-order valence-corrected chi connectivity index (χ3v) is 9.18. The molecule has 0 aliphatic carbocycles. The van der Waals surface area contributed by atoms with Crippen molar-refractivity contribution in [3.8, 4) is 22.3 Å². The highest BCUT2D eigenvalue weighted by Gasteiger charge is 2.25. The predicted octanol–water partition coefficient (Wildman–Crippen LogP) is 12.7. The fourth-order valence-electron chi connectivity index (χ4n) is 5.67. The number of hydrogen-bond acceptors (Lipinski definition) is 0. The average Bonchev–Trinajstić information content (AvgIpc) is 2.83. The maximum Gasteiger partial charge on any atom is 0.0287 e. The number of aryl methyl sites for hydroxylation is 1. The molecule has 0 heterocycles. The van der Waals surface area contributed by atoms with Gasteiger partial charge in [0.15, 0.2) is 0 Å². The van der Waals surface area contributed by atoms with E-state index in [1.165, 1.54) is 64.8 Å². The number of halogens is 1. The van der Waals surface area contributed by atoms with Gasteiger partial charge >= 0.3 is 0 Å². The maximum atomic E-state index is 2.67. The lowest BCUT2D eigenvalue weighted by atomic mass is 9.79. The molecule has 0 spiro atoms. The Balaban J connectivity index is 2.50. The maximum absolute atomic E-state index is 2.67. The van der Waals surface area contributed by atoms with Crippen LogP contribution in [0.1, 0.15) is 158 Å². The van der Waals surface area contributed by atoms with Crippen LogP contribution in [-0.4, -0.2) is 0 Å². The monoisotopic (exact) mass is 622 g/mol. The Labute approximate surface area is 248 Å². The van der Waals surface area contributed by atoms with Gasteiger partial charge in [0.1, 0.15) is 0 Å². The minimum atomic E-state index is 0.462. The Morgan fingerprint density at radius 2 is 0.684 bits per heavy atom. The standard InChI is InChI=1S/C37H51I/c1-20(2)27-16-29(22(5)6)35(30(17-27)23(7)8)33-14-26(13)15-34(37(33)38)36-31(24(9)10)18-28(21(3)4)19-32(36)25(11)12/h14-25H,1-13H3. The first kappa shape index (κ1) is 30.9. The van der Waals surface area contributed by atoms with E-state index in [1.54, 1.807) is 0 Å². The molecule has 0 bridgehead atoms. The third kappa shape index (κ3) is 6.24. The van der Waals surface area contributed by atoms with Gasteiger partial charge in [0, 0.05) is 3.57 Å².